The zero-order chi connectivity index (χ0) is 13.6. The Bertz CT molecular complexity index is 381. The van der Waals surface area contributed by atoms with Crippen LogP contribution in [-0.2, 0) is 9.53 Å². The van der Waals surface area contributed by atoms with Gasteiger partial charge in [-0.15, -0.1) is 0 Å². The van der Waals surface area contributed by atoms with Gasteiger partial charge in [0.05, 0.1) is 5.92 Å². The second-order valence-electron chi connectivity index (χ2n) is 7.19. The molecule has 0 aliphatic heterocycles. The molecule has 104 valence electrons. The SMILES string of the molecule is CC(C)C(C#N)OC(=O)C1C2CC3CC(C2)CC1C3. The third kappa shape index (κ3) is 2.26. The van der Waals surface area contributed by atoms with Gasteiger partial charge >= 0.3 is 5.97 Å². The van der Waals surface area contributed by atoms with Gasteiger partial charge in [-0.05, 0) is 55.8 Å². The van der Waals surface area contributed by atoms with Crippen LogP contribution in [0.15, 0.2) is 0 Å². The van der Waals surface area contributed by atoms with Crippen LogP contribution in [0.1, 0.15) is 46.0 Å². The zero-order valence-corrected chi connectivity index (χ0v) is 11.8. The van der Waals surface area contributed by atoms with Gasteiger partial charge in [0.25, 0.3) is 0 Å². The summed E-state index contributed by atoms with van der Waals surface area (Å²) in [5.41, 5.74) is 0. The molecule has 4 saturated carbocycles. The van der Waals surface area contributed by atoms with E-state index in [1.54, 1.807) is 0 Å². The van der Waals surface area contributed by atoms with E-state index >= 15 is 0 Å². The molecule has 1 unspecified atom stereocenters. The molecule has 0 N–H and O–H groups in total. The molecule has 1 atom stereocenters. The van der Waals surface area contributed by atoms with Crippen LogP contribution in [0.3, 0.4) is 0 Å². The van der Waals surface area contributed by atoms with Crippen molar-refractivity contribution in [3.8, 4) is 6.07 Å². The molecule has 3 nitrogen and oxygen atoms in total. The fourth-order valence-corrected chi connectivity index (χ4v) is 4.83. The van der Waals surface area contributed by atoms with Gasteiger partial charge in [0.1, 0.15) is 6.07 Å². The molecule has 0 amide bonds. The minimum atomic E-state index is -0.579. The topological polar surface area (TPSA) is 50.1 Å². The number of esters is 1. The second-order valence-corrected chi connectivity index (χ2v) is 7.19. The predicted molar refractivity (Wildman–Crippen MR) is 70.9 cm³/mol. The maximum atomic E-state index is 12.4. The van der Waals surface area contributed by atoms with Crippen LogP contribution in [-0.4, -0.2) is 12.1 Å². The summed E-state index contributed by atoms with van der Waals surface area (Å²) in [6.45, 7) is 3.86. The maximum Gasteiger partial charge on any atom is 0.310 e. The molecule has 0 radical (unpaired) electrons. The highest BCUT2D eigenvalue weighted by Gasteiger charge is 2.51. The summed E-state index contributed by atoms with van der Waals surface area (Å²) in [6, 6.07) is 2.11. The van der Waals surface area contributed by atoms with Crippen LogP contribution in [0, 0.1) is 46.8 Å². The Kier molecular flexibility index (Phi) is 3.28. The first-order chi connectivity index (χ1) is 9.08. The molecule has 4 bridgehead atoms. The van der Waals surface area contributed by atoms with Crippen molar-refractivity contribution in [1.82, 2.24) is 0 Å². The minimum absolute atomic E-state index is 0.0748. The van der Waals surface area contributed by atoms with E-state index in [9.17, 15) is 4.79 Å². The molecule has 0 spiro atoms. The van der Waals surface area contributed by atoms with Crippen molar-refractivity contribution < 1.29 is 9.53 Å². The van der Waals surface area contributed by atoms with E-state index in [-0.39, 0.29) is 17.8 Å². The van der Waals surface area contributed by atoms with E-state index in [2.05, 4.69) is 6.07 Å². The van der Waals surface area contributed by atoms with Crippen LogP contribution in [0.5, 0.6) is 0 Å². The molecule has 0 heterocycles. The molecule has 3 heteroatoms. The standard InChI is InChI=1S/C16H23NO2/c1-9(2)14(8-17)19-16(18)15-12-4-10-3-11(6-12)7-13(15)5-10/h9-15H,3-7H2,1-2H3. The maximum absolute atomic E-state index is 12.4. The highest BCUT2D eigenvalue weighted by molar-refractivity contribution is 5.74. The first kappa shape index (κ1) is 13.0. The molecule has 4 rings (SSSR count). The fourth-order valence-electron chi connectivity index (χ4n) is 4.83. The summed E-state index contributed by atoms with van der Waals surface area (Å²) in [7, 11) is 0. The lowest BCUT2D eigenvalue weighted by Gasteiger charge is -2.53. The van der Waals surface area contributed by atoms with Gasteiger partial charge in [-0.3, -0.25) is 4.79 Å². The Morgan fingerprint density at radius 1 is 1.11 bits per heavy atom. The van der Waals surface area contributed by atoms with Crippen molar-refractivity contribution in [3.05, 3.63) is 0 Å². The predicted octanol–water partition coefficient (Wildman–Crippen LogP) is 3.15. The van der Waals surface area contributed by atoms with E-state index in [4.69, 9.17) is 10.00 Å². The van der Waals surface area contributed by atoms with Gasteiger partial charge in [0.2, 0.25) is 0 Å². The van der Waals surface area contributed by atoms with Crippen molar-refractivity contribution in [2.75, 3.05) is 0 Å². The first-order valence-electron chi connectivity index (χ1n) is 7.68. The summed E-state index contributed by atoms with van der Waals surface area (Å²) >= 11 is 0. The van der Waals surface area contributed by atoms with Crippen LogP contribution in [0.4, 0.5) is 0 Å². The van der Waals surface area contributed by atoms with Gasteiger partial charge in [-0.25, -0.2) is 0 Å². The van der Waals surface area contributed by atoms with Crippen LogP contribution >= 0.6 is 0 Å². The molecule has 0 aromatic carbocycles. The van der Waals surface area contributed by atoms with E-state index in [0.717, 1.165) is 11.8 Å². The molecule has 0 aromatic rings. The summed E-state index contributed by atoms with van der Waals surface area (Å²) in [5.74, 6) is 2.87. The summed E-state index contributed by atoms with van der Waals surface area (Å²) in [4.78, 5) is 12.4. The van der Waals surface area contributed by atoms with Crippen molar-refractivity contribution in [2.45, 2.75) is 52.1 Å². The average molecular weight is 261 g/mol. The first-order valence-corrected chi connectivity index (χ1v) is 7.68. The zero-order valence-electron chi connectivity index (χ0n) is 11.8. The van der Waals surface area contributed by atoms with Crippen LogP contribution < -0.4 is 0 Å². The lowest BCUT2D eigenvalue weighted by Crippen LogP contribution is -2.49. The van der Waals surface area contributed by atoms with Crippen LogP contribution in [0.2, 0.25) is 0 Å². The number of ether oxygens (including phenoxy) is 1. The number of carbonyl (C=O) groups excluding carboxylic acids is 1. The number of hydrogen-bond acceptors (Lipinski definition) is 3. The smallest absolute Gasteiger partial charge is 0.310 e. The highest BCUT2D eigenvalue weighted by Crippen LogP contribution is 2.56. The van der Waals surface area contributed by atoms with E-state index in [0.29, 0.717) is 11.8 Å². The summed E-state index contributed by atoms with van der Waals surface area (Å²) in [5, 5.41) is 9.07. The molecular formula is C16H23NO2. The second kappa shape index (κ2) is 4.81. The lowest BCUT2D eigenvalue weighted by atomic mass is 9.52. The van der Waals surface area contributed by atoms with E-state index in [1.807, 2.05) is 13.8 Å². The van der Waals surface area contributed by atoms with Crippen molar-refractivity contribution in [2.24, 2.45) is 35.5 Å². The number of nitriles is 1. The normalized spacial score (nSPS) is 41.1. The van der Waals surface area contributed by atoms with Gasteiger partial charge in [-0.1, -0.05) is 13.8 Å². The van der Waals surface area contributed by atoms with E-state index in [1.165, 1.54) is 32.1 Å². The largest absolute Gasteiger partial charge is 0.446 e. The van der Waals surface area contributed by atoms with Gasteiger partial charge in [0, 0.05) is 5.92 Å². The monoisotopic (exact) mass is 261 g/mol. The Morgan fingerprint density at radius 3 is 2.05 bits per heavy atom. The molecule has 0 aromatic heterocycles. The molecule has 4 aliphatic rings. The third-order valence-electron chi connectivity index (χ3n) is 5.47. The quantitative estimate of drug-likeness (QED) is 0.733. The van der Waals surface area contributed by atoms with Gasteiger partial charge in [0.15, 0.2) is 6.10 Å². The van der Waals surface area contributed by atoms with E-state index < -0.39 is 6.10 Å². The molecule has 19 heavy (non-hydrogen) atoms. The Hall–Kier alpha value is -1.04. The number of rotatable bonds is 3. The van der Waals surface area contributed by atoms with Crippen molar-refractivity contribution in [1.29, 1.82) is 5.26 Å². The number of nitrogens with zero attached hydrogens (tertiary/aromatic N) is 1. The summed E-state index contributed by atoms with van der Waals surface area (Å²) in [6.07, 6.45) is 5.67. The van der Waals surface area contributed by atoms with Crippen molar-refractivity contribution in [3.63, 3.8) is 0 Å². The number of carbonyl (C=O) groups is 1. The highest BCUT2D eigenvalue weighted by atomic mass is 16.5. The average Bonchev–Trinajstić information content (AvgIpc) is 2.34. The number of hydrogen-bond donors (Lipinski definition) is 0. The minimum Gasteiger partial charge on any atom is -0.446 e. The Balaban J connectivity index is 1.69. The Morgan fingerprint density at radius 2 is 1.63 bits per heavy atom. The van der Waals surface area contributed by atoms with Crippen LogP contribution in [0.25, 0.3) is 0 Å². The molecule has 4 fully saturated rings. The molecule has 0 saturated heterocycles. The molecule has 4 aliphatic carbocycles. The molecular weight excluding hydrogens is 238 g/mol. The van der Waals surface area contributed by atoms with Crippen molar-refractivity contribution >= 4 is 5.97 Å². The summed E-state index contributed by atoms with van der Waals surface area (Å²) < 4.78 is 5.49. The fraction of sp³-hybridized carbons (Fsp3) is 0.875. The van der Waals surface area contributed by atoms with Gasteiger partial charge in [-0.2, -0.15) is 5.26 Å². The Labute approximate surface area is 115 Å². The van der Waals surface area contributed by atoms with Gasteiger partial charge < -0.3 is 4.74 Å². The third-order valence-corrected chi connectivity index (χ3v) is 5.47. The lowest BCUT2D eigenvalue weighted by molar-refractivity contribution is -0.167.